The minimum Gasteiger partial charge on any atom is -0.497 e. The second-order valence-electron chi connectivity index (χ2n) is 6.76. The van der Waals surface area contributed by atoms with Gasteiger partial charge in [-0.05, 0) is 60.7 Å². The number of aromatic nitrogens is 1. The Labute approximate surface area is 163 Å². The third-order valence-corrected chi connectivity index (χ3v) is 4.83. The molecule has 1 amide bonds. The Morgan fingerprint density at radius 2 is 1.82 bits per heavy atom. The van der Waals surface area contributed by atoms with Crippen molar-refractivity contribution in [3.8, 4) is 5.75 Å². The van der Waals surface area contributed by atoms with Crippen LogP contribution in [-0.4, -0.2) is 31.7 Å². The van der Waals surface area contributed by atoms with Gasteiger partial charge in [0.1, 0.15) is 12.4 Å². The summed E-state index contributed by atoms with van der Waals surface area (Å²) >= 11 is 0. The first-order valence-corrected chi connectivity index (χ1v) is 8.99. The Bertz CT molecular complexity index is 1070. The maximum atomic E-state index is 12.7. The Balaban J connectivity index is 2.02. The first-order valence-electron chi connectivity index (χ1n) is 8.99. The predicted octanol–water partition coefficient (Wildman–Crippen LogP) is 3.33. The van der Waals surface area contributed by atoms with Gasteiger partial charge in [-0.2, -0.15) is 0 Å². The molecule has 6 heteroatoms. The van der Waals surface area contributed by atoms with E-state index in [9.17, 15) is 9.59 Å². The van der Waals surface area contributed by atoms with Crippen LogP contribution < -0.4 is 15.2 Å². The number of amides is 1. The van der Waals surface area contributed by atoms with Crippen molar-refractivity contribution in [3.05, 3.63) is 69.5 Å². The summed E-state index contributed by atoms with van der Waals surface area (Å²) in [6, 6.07) is 13.1. The van der Waals surface area contributed by atoms with Gasteiger partial charge in [0.15, 0.2) is 0 Å². The number of ether oxygens (including phenoxy) is 2. The number of aromatic amines is 1. The minimum atomic E-state index is -0.236. The lowest BCUT2D eigenvalue weighted by atomic mass is 10.1. The van der Waals surface area contributed by atoms with Crippen molar-refractivity contribution in [2.24, 2.45) is 0 Å². The van der Waals surface area contributed by atoms with E-state index in [1.54, 1.807) is 18.1 Å². The number of carbonyl (C=O) groups excluding carboxylic acids is 1. The second kappa shape index (κ2) is 8.27. The zero-order chi connectivity index (χ0) is 20.3. The van der Waals surface area contributed by atoms with Gasteiger partial charge in [-0.1, -0.05) is 6.07 Å². The molecule has 0 fully saturated rings. The molecule has 3 aromatic rings. The molecular formula is C22H24N2O4. The van der Waals surface area contributed by atoms with Crippen LogP contribution in [0.2, 0.25) is 0 Å². The SMILES string of the molecule is COCC(=O)N(Cc1cc2ccc(OC)cc2[nH]c1=O)c1ccc(C)c(C)c1. The fraction of sp³-hybridized carbons (Fsp3) is 0.273. The van der Waals surface area contributed by atoms with Crippen LogP contribution in [0.1, 0.15) is 16.7 Å². The molecule has 0 aliphatic rings. The third-order valence-electron chi connectivity index (χ3n) is 4.83. The number of nitrogens with zero attached hydrogens (tertiary/aromatic N) is 1. The van der Waals surface area contributed by atoms with Crippen molar-refractivity contribution < 1.29 is 14.3 Å². The average Bonchev–Trinajstić information content (AvgIpc) is 2.68. The number of H-pyrrole nitrogens is 1. The van der Waals surface area contributed by atoms with E-state index in [-0.39, 0.29) is 24.6 Å². The highest BCUT2D eigenvalue weighted by atomic mass is 16.5. The lowest BCUT2D eigenvalue weighted by Crippen LogP contribution is -2.35. The van der Waals surface area contributed by atoms with Crippen molar-refractivity contribution in [2.75, 3.05) is 25.7 Å². The molecule has 0 aliphatic heterocycles. The molecule has 0 saturated carbocycles. The molecule has 3 rings (SSSR count). The van der Waals surface area contributed by atoms with E-state index < -0.39 is 0 Å². The molecule has 2 aromatic carbocycles. The number of fused-ring (bicyclic) bond motifs is 1. The highest BCUT2D eigenvalue weighted by Crippen LogP contribution is 2.23. The van der Waals surface area contributed by atoms with Gasteiger partial charge in [-0.25, -0.2) is 0 Å². The van der Waals surface area contributed by atoms with Gasteiger partial charge in [0.25, 0.3) is 11.5 Å². The zero-order valence-electron chi connectivity index (χ0n) is 16.5. The van der Waals surface area contributed by atoms with E-state index in [1.807, 2.05) is 50.2 Å². The van der Waals surface area contributed by atoms with Gasteiger partial charge in [-0.15, -0.1) is 0 Å². The van der Waals surface area contributed by atoms with Crippen molar-refractivity contribution in [1.29, 1.82) is 0 Å². The largest absolute Gasteiger partial charge is 0.497 e. The number of nitrogens with one attached hydrogen (secondary N) is 1. The maximum Gasteiger partial charge on any atom is 0.253 e. The maximum absolute atomic E-state index is 12.7. The van der Waals surface area contributed by atoms with E-state index in [0.717, 1.165) is 22.2 Å². The van der Waals surface area contributed by atoms with Crippen LogP contribution in [0.4, 0.5) is 5.69 Å². The first-order chi connectivity index (χ1) is 13.4. The summed E-state index contributed by atoms with van der Waals surface area (Å²) in [5.41, 5.74) is 3.90. The number of hydrogen-bond donors (Lipinski definition) is 1. The van der Waals surface area contributed by atoms with Crippen LogP contribution in [0.3, 0.4) is 0 Å². The Kier molecular flexibility index (Phi) is 5.80. The van der Waals surface area contributed by atoms with Crippen molar-refractivity contribution in [1.82, 2.24) is 4.98 Å². The number of hydrogen-bond acceptors (Lipinski definition) is 4. The molecule has 0 saturated heterocycles. The molecule has 0 atom stereocenters. The minimum absolute atomic E-state index is 0.0599. The van der Waals surface area contributed by atoms with E-state index in [0.29, 0.717) is 16.8 Å². The molecule has 0 aliphatic carbocycles. The summed E-state index contributed by atoms with van der Waals surface area (Å²) < 4.78 is 10.2. The van der Waals surface area contributed by atoms with Gasteiger partial charge in [-0.3, -0.25) is 9.59 Å². The van der Waals surface area contributed by atoms with E-state index >= 15 is 0 Å². The number of carbonyl (C=O) groups is 1. The molecule has 0 radical (unpaired) electrons. The third kappa shape index (κ3) is 4.07. The van der Waals surface area contributed by atoms with Crippen LogP contribution in [0, 0.1) is 13.8 Å². The van der Waals surface area contributed by atoms with Crippen LogP contribution in [0.15, 0.2) is 47.3 Å². The predicted molar refractivity (Wildman–Crippen MR) is 110 cm³/mol. The van der Waals surface area contributed by atoms with Crippen molar-refractivity contribution in [2.45, 2.75) is 20.4 Å². The summed E-state index contributed by atoms with van der Waals surface area (Å²) in [6.07, 6.45) is 0. The summed E-state index contributed by atoms with van der Waals surface area (Å²) in [7, 11) is 3.06. The quantitative estimate of drug-likeness (QED) is 0.712. The number of methoxy groups -OCH3 is 2. The fourth-order valence-electron chi connectivity index (χ4n) is 3.06. The molecule has 146 valence electrons. The highest BCUT2D eigenvalue weighted by molar-refractivity contribution is 5.94. The number of anilines is 1. The number of aryl methyl sites for hydroxylation is 2. The molecule has 1 heterocycles. The van der Waals surface area contributed by atoms with Crippen LogP contribution in [0.25, 0.3) is 10.9 Å². The smallest absolute Gasteiger partial charge is 0.253 e. The Morgan fingerprint density at radius 1 is 1.04 bits per heavy atom. The van der Waals surface area contributed by atoms with Gasteiger partial charge < -0.3 is 19.4 Å². The second-order valence-corrected chi connectivity index (χ2v) is 6.76. The lowest BCUT2D eigenvalue weighted by molar-refractivity contribution is -0.122. The molecule has 0 spiro atoms. The van der Waals surface area contributed by atoms with Crippen LogP contribution >= 0.6 is 0 Å². The van der Waals surface area contributed by atoms with Crippen LogP contribution in [0.5, 0.6) is 5.75 Å². The zero-order valence-corrected chi connectivity index (χ0v) is 16.5. The van der Waals surface area contributed by atoms with Crippen molar-refractivity contribution >= 4 is 22.5 Å². The normalized spacial score (nSPS) is 10.9. The van der Waals surface area contributed by atoms with Crippen LogP contribution in [-0.2, 0) is 16.1 Å². The summed E-state index contributed by atoms with van der Waals surface area (Å²) in [5, 5.41) is 0.870. The molecule has 0 bridgehead atoms. The van der Waals surface area contributed by atoms with E-state index in [4.69, 9.17) is 9.47 Å². The summed E-state index contributed by atoms with van der Waals surface area (Å²) in [5.74, 6) is 0.461. The summed E-state index contributed by atoms with van der Waals surface area (Å²) in [4.78, 5) is 29.8. The van der Waals surface area contributed by atoms with Crippen molar-refractivity contribution in [3.63, 3.8) is 0 Å². The molecule has 28 heavy (non-hydrogen) atoms. The van der Waals surface area contributed by atoms with Gasteiger partial charge >= 0.3 is 0 Å². The monoisotopic (exact) mass is 380 g/mol. The average molecular weight is 380 g/mol. The molecule has 6 nitrogen and oxygen atoms in total. The van der Waals surface area contributed by atoms with Gasteiger partial charge in [0, 0.05) is 24.4 Å². The number of rotatable bonds is 6. The lowest BCUT2D eigenvalue weighted by Gasteiger charge is -2.23. The number of pyridine rings is 1. The van der Waals surface area contributed by atoms with Gasteiger partial charge in [0.05, 0.1) is 19.2 Å². The standard InChI is InChI=1S/C22H24N2O4/c1-14-5-7-18(9-15(14)2)24(21(25)13-27-3)12-17-10-16-6-8-19(28-4)11-20(16)23-22(17)26/h5-11H,12-13H2,1-4H3,(H,23,26). The van der Waals surface area contributed by atoms with E-state index in [2.05, 4.69) is 4.98 Å². The van der Waals surface area contributed by atoms with Gasteiger partial charge in [0.2, 0.25) is 0 Å². The molecular weight excluding hydrogens is 356 g/mol. The fourth-order valence-corrected chi connectivity index (χ4v) is 3.06. The Hall–Kier alpha value is -3.12. The molecule has 1 N–H and O–H groups in total. The molecule has 1 aromatic heterocycles. The number of benzene rings is 2. The topological polar surface area (TPSA) is 71.6 Å². The first kappa shape index (κ1) is 19.6. The molecule has 0 unspecified atom stereocenters. The van der Waals surface area contributed by atoms with E-state index in [1.165, 1.54) is 7.11 Å². The highest BCUT2D eigenvalue weighted by Gasteiger charge is 2.18. The Morgan fingerprint density at radius 3 is 2.50 bits per heavy atom. The summed E-state index contributed by atoms with van der Waals surface area (Å²) in [6.45, 7) is 4.11.